The van der Waals surface area contributed by atoms with E-state index in [1.807, 2.05) is 31.2 Å². The molecule has 0 aromatic heterocycles. The molecule has 3 rings (SSSR count). The SMILES string of the molecule is Cc1ccccc1CS(=O)(=O)N1CCCC(C(=O)c2ccc(F)cc2)C1. The van der Waals surface area contributed by atoms with Crippen molar-refractivity contribution in [2.45, 2.75) is 25.5 Å². The number of hydrogen-bond acceptors (Lipinski definition) is 3. The average molecular weight is 375 g/mol. The molecule has 1 saturated heterocycles. The summed E-state index contributed by atoms with van der Waals surface area (Å²) in [4.78, 5) is 12.7. The molecule has 1 fully saturated rings. The molecule has 0 bridgehead atoms. The molecule has 0 aliphatic carbocycles. The number of rotatable bonds is 5. The summed E-state index contributed by atoms with van der Waals surface area (Å²) < 4.78 is 40.1. The molecule has 138 valence electrons. The van der Waals surface area contributed by atoms with Gasteiger partial charge in [-0.15, -0.1) is 0 Å². The minimum Gasteiger partial charge on any atom is -0.294 e. The molecule has 1 aliphatic rings. The van der Waals surface area contributed by atoms with Gasteiger partial charge in [-0.1, -0.05) is 24.3 Å². The van der Waals surface area contributed by atoms with Gasteiger partial charge in [0.25, 0.3) is 0 Å². The fraction of sp³-hybridized carbons (Fsp3) is 0.350. The van der Waals surface area contributed by atoms with E-state index in [1.54, 1.807) is 0 Å². The Hall–Kier alpha value is -2.05. The van der Waals surface area contributed by atoms with Crippen LogP contribution in [0.2, 0.25) is 0 Å². The first-order valence-electron chi connectivity index (χ1n) is 8.69. The molecular weight excluding hydrogens is 353 g/mol. The first-order chi connectivity index (χ1) is 12.4. The summed E-state index contributed by atoms with van der Waals surface area (Å²) in [5.74, 6) is -0.966. The molecule has 2 aromatic carbocycles. The average Bonchev–Trinajstić information content (AvgIpc) is 2.64. The van der Waals surface area contributed by atoms with Crippen molar-refractivity contribution in [1.29, 1.82) is 0 Å². The Morgan fingerprint density at radius 2 is 1.85 bits per heavy atom. The number of aryl methyl sites for hydroxylation is 1. The number of ketones is 1. The van der Waals surface area contributed by atoms with E-state index in [0.29, 0.717) is 24.9 Å². The van der Waals surface area contributed by atoms with Gasteiger partial charge >= 0.3 is 0 Å². The second-order valence-corrected chi connectivity index (χ2v) is 8.72. The lowest BCUT2D eigenvalue weighted by Crippen LogP contribution is -2.42. The maximum absolute atomic E-state index is 13.1. The first-order valence-corrected chi connectivity index (χ1v) is 10.3. The third kappa shape index (κ3) is 4.19. The predicted octanol–water partition coefficient (Wildman–Crippen LogP) is 3.56. The molecule has 26 heavy (non-hydrogen) atoms. The van der Waals surface area contributed by atoms with Crippen molar-refractivity contribution >= 4 is 15.8 Å². The molecule has 0 amide bonds. The van der Waals surface area contributed by atoms with Gasteiger partial charge in [-0.3, -0.25) is 4.79 Å². The van der Waals surface area contributed by atoms with Crippen molar-refractivity contribution in [3.8, 4) is 0 Å². The molecule has 0 saturated carbocycles. The zero-order valence-corrected chi connectivity index (χ0v) is 15.5. The molecule has 1 heterocycles. The van der Waals surface area contributed by atoms with Crippen molar-refractivity contribution in [1.82, 2.24) is 4.31 Å². The summed E-state index contributed by atoms with van der Waals surface area (Å²) in [6.45, 7) is 2.51. The van der Waals surface area contributed by atoms with Crippen LogP contribution < -0.4 is 0 Å². The summed E-state index contributed by atoms with van der Waals surface area (Å²) in [7, 11) is -3.49. The van der Waals surface area contributed by atoms with Crippen molar-refractivity contribution in [2.75, 3.05) is 13.1 Å². The number of Topliss-reactive ketones (excluding diaryl/α,β-unsaturated/α-hetero) is 1. The van der Waals surface area contributed by atoms with Gasteiger partial charge < -0.3 is 0 Å². The van der Waals surface area contributed by atoms with Gasteiger partial charge in [0.2, 0.25) is 10.0 Å². The van der Waals surface area contributed by atoms with Crippen molar-refractivity contribution in [3.05, 3.63) is 71.0 Å². The molecule has 1 atom stereocenters. The number of nitrogens with zero attached hydrogens (tertiary/aromatic N) is 1. The summed E-state index contributed by atoms with van der Waals surface area (Å²) in [6.07, 6.45) is 1.29. The number of benzene rings is 2. The van der Waals surface area contributed by atoms with Crippen LogP contribution in [0.1, 0.15) is 34.3 Å². The van der Waals surface area contributed by atoms with Crippen molar-refractivity contribution in [3.63, 3.8) is 0 Å². The van der Waals surface area contributed by atoms with Gasteiger partial charge in [-0.2, -0.15) is 0 Å². The maximum atomic E-state index is 13.1. The topological polar surface area (TPSA) is 54.5 Å². The molecular formula is C20H22FNO3S. The highest BCUT2D eigenvalue weighted by atomic mass is 32.2. The van der Waals surface area contributed by atoms with Gasteiger partial charge in [0.1, 0.15) is 5.82 Å². The molecule has 6 heteroatoms. The van der Waals surface area contributed by atoms with Crippen LogP contribution in [0.5, 0.6) is 0 Å². The zero-order chi connectivity index (χ0) is 18.7. The van der Waals surface area contributed by atoms with Crippen LogP contribution >= 0.6 is 0 Å². The molecule has 0 spiro atoms. The molecule has 1 unspecified atom stereocenters. The predicted molar refractivity (Wildman–Crippen MR) is 98.8 cm³/mol. The van der Waals surface area contributed by atoms with Gasteiger partial charge in [-0.25, -0.2) is 17.1 Å². The minimum absolute atomic E-state index is 0.0584. The third-order valence-electron chi connectivity index (χ3n) is 4.88. The van der Waals surface area contributed by atoms with E-state index in [-0.39, 0.29) is 24.0 Å². The Morgan fingerprint density at radius 1 is 1.15 bits per heavy atom. The lowest BCUT2D eigenvalue weighted by molar-refractivity contribution is 0.0872. The molecule has 0 radical (unpaired) electrons. The Kier molecular flexibility index (Phi) is 5.53. The zero-order valence-electron chi connectivity index (χ0n) is 14.7. The number of sulfonamides is 1. The highest BCUT2D eigenvalue weighted by Gasteiger charge is 2.32. The number of halogens is 1. The fourth-order valence-electron chi connectivity index (χ4n) is 3.32. The van der Waals surface area contributed by atoms with Gasteiger partial charge in [0.15, 0.2) is 5.78 Å². The van der Waals surface area contributed by atoms with Crippen LogP contribution in [0.3, 0.4) is 0 Å². The smallest absolute Gasteiger partial charge is 0.218 e. The van der Waals surface area contributed by atoms with Crippen LogP contribution in [0.25, 0.3) is 0 Å². The van der Waals surface area contributed by atoms with Crippen LogP contribution in [0.15, 0.2) is 48.5 Å². The third-order valence-corrected chi connectivity index (χ3v) is 6.67. The highest BCUT2D eigenvalue weighted by Crippen LogP contribution is 2.25. The van der Waals surface area contributed by atoms with Gasteiger partial charge in [0, 0.05) is 24.6 Å². The monoisotopic (exact) mass is 375 g/mol. The lowest BCUT2D eigenvalue weighted by atomic mass is 9.91. The Balaban J connectivity index is 1.74. The highest BCUT2D eigenvalue weighted by molar-refractivity contribution is 7.88. The quantitative estimate of drug-likeness (QED) is 0.751. The van der Waals surface area contributed by atoms with E-state index >= 15 is 0 Å². The van der Waals surface area contributed by atoms with Crippen LogP contribution in [-0.2, 0) is 15.8 Å². The largest absolute Gasteiger partial charge is 0.294 e. The lowest BCUT2D eigenvalue weighted by Gasteiger charge is -2.31. The summed E-state index contributed by atoms with van der Waals surface area (Å²) in [5, 5.41) is 0. The Labute approximate surface area is 153 Å². The molecule has 1 aliphatic heterocycles. The van der Waals surface area contributed by atoms with Crippen molar-refractivity contribution < 1.29 is 17.6 Å². The van der Waals surface area contributed by atoms with Gasteiger partial charge in [0.05, 0.1) is 5.75 Å². The fourth-order valence-corrected chi connectivity index (χ4v) is 5.03. The van der Waals surface area contributed by atoms with E-state index in [9.17, 15) is 17.6 Å². The van der Waals surface area contributed by atoms with Crippen molar-refractivity contribution in [2.24, 2.45) is 5.92 Å². The van der Waals surface area contributed by atoms with Gasteiger partial charge in [-0.05, 0) is 55.2 Å². The second-order valence-electron chi connectivity index (χ2n) is 6.75. The first kappa shape index (κ1) is 18.7. The summed E-state index contributed by atoms with van der Waals surface area (Å²) in [5.41, 5.74) is 2.14. The number of carbonyl (C=O) groups excluding carboxylic acids is 1. The van der Waals surface area contributed by atoms with Crippen LogP contribution in [0, 0.1) is 18.7 Å². The van der Waals surface area contributed by atoms with E-state index in [1.165, 1.54) is 28.6 Å². The summed E-state index contributed by atoms with van der Waals surface area (Å²) >= 11 is 0. The maximum Gasteiger partial charge on any atom is 0.218 e. The number of piperidine rings is 1. The van der Waals surface area contributed by atoms with Crippen LogP contribution in [0.4, 0.5) is 4.39 Å². The van der Waals surface area contributed by atoms with Crippen LogP contribution in [-0.4, -0.2) is 31.6 Å². The molecule has 0 N–H and O–H groups in total. The van der Waals surface area contributed by atoms with E-state index in [2.05, 4.69) is 0 Å². The second kappa shape index (κ2) is 7.68. The standard InChI is InChI=1S/C20H22FNO3S/c1-15-5-2-3-6-18(15)14-26(24,25)22-12-4-7-17(13-22)20(23)16-8-10-19(21)11-9-16/h2-3,5-6,8-11,17H,4,7,12-14H2,1H3. The number of hydrogen-bond donors (Lipinski definition) is 0. The minimum atomic E-state index is -3.49. The Bertz CT molecular complexity index is 894. The molecule has 4 nitrogen and oxygen atoms in total. The Morgan fingerprint density at radius 3 is 2.54 bits per heavy atom. The van der Waals surface area contributed by atoms with E-state index in [0.717, 1.165) is 11.1 Å². The summed E-state index contributed by atoms with van der Waals surface area (Å²) in [6, 6.07) is 12.8. The normalized spacial score (nSPS) is 18.6. The van der Waals surface area contributed by atoms with E-state index in [4.69, 9.17) is 0 Å². The molecule has 2 aromatic rings. The van der Waals surface area contributed by atoms with E-state index < -0.39 is 15.8 Å². The number of carbonyl (C=O) groups is 1.